The first kappa shape index (κ1) is 28.3. The van der Waals surface area contributed by atoms with E-state index in [0.717, 1.165) is 40.2 Å². The summed E-state index contributed by atoms with van der Waals surface area (Å²) in [5.41, 5.74) is 5.20. The van der Waals surface area contributed by atoms with Gasteiger partial charge in [-0.3, -0.25) is 9.69 Å². The molecule has 8 nitrogen and oxygen atoms in total. The van der Waals surface area contributed by atoms with Crippen molar-refractivity contribution in [2.45, 2.75) is 33.6 Å². The van der Waals surface area contributed by atoms with E-state index in [1.54, 1.807) is 0 Å². The van der Waals surface area contributed by atoms with Crippen molar-refractivity contribution in [3.8, 4) is 5.75 Å². The smallest absolute Gasteiger partial charge is 0.328 e. The normalized spacial score (nSPS) is 13.1. The van der Waals surface area contributed by atoms with Crippen molar-refractivity contribution in [1.82, 2.24) is 4.90 Å². The number of amides is 1. The van der Waals surface area contributed by atoms with Crippen LogP contribution in [0.15, 0.2) is 55.1 Å². The molecule has 3 rings (SSSR count). The van der Waals surface area contributed by atoms with Crippen molar-refractivity contribution >= 4 is 29.1 Å². The Morgan fingerprint density at radius 2 is 1.53 bits per heavy atom. The van der Waals surface area contributed by atoms with Crippen LogP contribution < -0.4 is 10.1 Å². The number of aliphatic carboxylic acids is 2. The van der Waals surface area contributed by atoms with E-state index in [-0.39, 0.29) is 5.91 Å². The van der Waals surface area contributed by atoms with E-state index in [2.05, 4.69) is 16.8 Å². The molecule has 1 heterocycles. The zero-order valence-corrected chi connectivity index (χ0v) is 21.0. The maximum absolute atomic E-state index is 12.6. The molecule has 0 unspecified atom stereocenters. The predicted octanol–water partition coefficient (Wildman–Crippen LogP) is 4.45. The number of aryl methyl sites for hydroxylation is 3. The van der Waals surface area contributed by atoms with E-state index >= 15 is 0 Å². The molecule has 2 aromatic carbocycles. The standard InChI is InChI=1S/C24H30N2O2.C4H4O4/c1-17-9-5-6-10-22(17)20(4)24(27)25-21-15-18(2)23(19(3)16-21)28-14-13-26-11-7-8-12-26;5-3(6)1-2-4(7)8/h5-6,9-10,15-16H,4,7-8,11-14H2,1-3H3,(H,25,27);1-2H,(H,5,6)(H,7,8). The van der Waals surface area contributed by atoms with Crippen LogP contribution in [-0.2, 0) is 14.4 Å². The summed E-state index contributed by atoms with van der Waals surface area (Å²) in [5.74, 6) is -1.79. The fourth-order valence-electron chi connectivity index (χ4n) is 3.92. The average molecular weight is 495 g/mol. The number of rotatable bonds is 9. The molecule has 36 heavy (non-hydrogen) atoms. The van der Waals surface area contributed by atoms with Gasteiger partial charge in [-0.1, -0.05) is 30.8 Å². The van der Waals surface area contributed by atoms with Gasteiger partial charge in [-0.15, -0.1) is 0 Å². The molecule has 1 saturated heterocycles. The monoisotopic (exact) mass is 494 g/mol. The summed E-state index contributed by atoms with van der Waals surface area (Å²) < 4.78 is 6.05. The van der Waals surface area contributed by atoms with Gasteiger partial charge in [-0.25, -0.2) is 9.59 Å². The Hall–Kier alpha value is -3.91. The Balaban J connectivity index is 0.000000493. The summed E-state index contributed by atoms with van der Waals surface area (Å²) in [6.45, 7) is 14.0. The van der Waals surface area contributed by atoms with Gasteiger partial charge < -0.3 is 20.3 Å². The zero-order valence-electron chi connectivity index (χ0n) is 21.0. The fourth-order valence-corrected chi connectivity index (χ4v) is 3.92. The Labute approximate surface area is 211 Å². The van der Waals surface area contributed by atoms with Gasteiger partial charge in [0.1, 0.15) is 12.4 Å². The van der Waals surface area contributed by atoms with Crippen LogP contribution in [0.25, 0.3) is 5.57 Å². The summed E-state index contributed by atoms with van der Waals surface area (Å²) in [7, 11) is 0. The highest BCUT2D eigenvalue weighted by atomic mass is 16.5. The predicted molar refractivity (Wildman–Crippen MR) is 140 cm³/mol. The van der Waals surface area contributed by atoms with Crippen molar-refractivity contribution in [3.05, 3.63) is 77.4 Å². The van der Waals surface area contributed by atoms with Crippen LogP contribution in [0.1, 0.15) is 35.1 Å². The maximum atomic E-state index is 12.6. The lowest BCUT2D eigenvalue weighted by Crippen LogP contribution is -2.25. The number of carbonyl (C=O) groups is 3. The van der Waals surface area contributed by atoms with E-state index in [1.165, 1.54) is 25.9 Å². The summed E-state index contributed by atoms with van der Waals surface area (Å²) in [6, 6.07) is 11.7. The van der Waals surface area contributed by atoms with Crippen molar-refractivity contribution in [2.75, 3.05) is 31.6 Å². The number of likely N-dealkylation sites (tertiary alicyclic amines) is 1. The van der Waals surface area contributed by atoms with Gasteiger partial charge in [0.25, 0.3) is 5.91 Å². The molecule has 2 aromatic rings. The molecule has 8 heteroatoms. The number of carboxylic acids is 2. The third-order valence-electron chi connectivity index (χ3n) is 5.68. The third-order valence-corrected chi connectivity index (χ3v) is 5.68. The summed E-state index contributed by atoms with van der Waals surface area (Å²) in [5, 5.41) is 18.6. The second kappa shape index (κ2) is 13.8. The van der Waals surface area contributed by atoms with Gasteiger partial charge >= 0.3 is 11.9 Å². The second-order valence-electron chi connectivity index (χ2n) is 8.59. The van der Waals surface area contributed by atoms with Crippen molar-refractivity contribution in [1.29, 1.82) is 0 Å². The highest BCUT2D eigenvalue weighted by Crippen LogP contribution is 2.28. The minimum absolute atomic E-state index is 0.184. The number of anilines is 1. The Morgan fingerprint density at radius 1 is 0.972 bits per heavy atom. The second-order valence-corrected chi connectivity index (χ2v) is 8.59. The maximum Gasteiger partial charge on any atom is 0.328 e. The number of hydrogen-bond acceptors (Lipinski definition) is 5. The third kappa shape index (κ3) is 9.03. The number of ether oxygens (including phenoxy) is 1. The molecule has 1 aliphatic rings. The largest absolute Gasteiger partial charge is 0.492 e. The van der Waals surface area contributed by atoms with Crippen molar-refractivity contribution < 1.29 is 29.3 Å². The molecule has 1 fully saturated rings. The van der Waals surface area contributed by atoms with Gasteiger partial charge in [0.15, 0.2) is 0 Å². The molecular formula is C28H34N2O6. The molecule has 0 spiro atoms. The first-order chi connectivity index (χ1) is 17.1. The topological polar surface area (TPSA) is 116 Å². The van der Waals surface area contributed by atoms with E-state index in [0.29, 0.717) is 24.3 Å². The van der Waals surface area contributed by atoms with Crippen LogP contribution in [0, 0.1) is 20.8 Å². The fraction of sp³-hybridized carbons (Fsp3) is 0.321. The summed E-state index contributed by atoms with van der Waals surface area (Å²) >= 11 is 0. The van der Waals surface area contributed by atoms with Gasteiger partial charge in [-0.05, 0) is 81.1 Å². The van der Waals surface area contributed by atoms with Gasteiger partial charge in [0.2, 0.25) is 0 Å². The van der Waals surface area contributed by atoms with E-state index in [4.69, 9.17) is 14.9 Å². The highest BCUT2D eigenvalue weighted by Gasteiger charge is 2.15. The molecule has 0 bridgehead atoms. The molecule has 192 valence electrons. The average Bonchev–Trinajstić information content (AvgIpc) is 3.33. The Bertz CT molecular complexity index is 1090. The lowest BCUT2D eigenvalue weighted by atomic mass is 10.0. The molecule has 0 saturated carbocycles. The van der Waals surface area contributed by atoms with E-state index in [1.807, 2.05) is 57.2 Å². The molecule has 0 aromatic heterocycles. The van der Waals surface area contributed by atoms with Crippen LogP contribution >= 0.6 is 0 Å². The van der Waals surface area contributed by atoms with E-state index < -0.39 is 11.9 Å². The van der Waals surface area contributed by atoms with Crippen LogP contribution in [-0.4, -0.2) is 59.2 Å². The van der Waals surface area contributed by atoms with E-state index in [9.17, 15) is 14.4 Å². The molecule has 1 aliphatic heterocycles. The molecular weight excluding hydrogens is 460 g/mol. The number of nitrogens with zero attached hydrogens (tertiary/aromatic N) is 1. The quantitative estimate of drug-likeness (QED) is 0.441. The van der Waals surface area contributed by atoms with Gasteiger partial charge in [0.05, 0.1) is 0 Å². The number of nitrogens with one attached hydrogen (secondary N) is 1. The molecule has 1 amide bonds. The van der Waals surface area contributed by atoms with Crippen LogP contribution in [0.4, 0.5) is 5.69 Å². The van der Waals surface area contributed by atoms with Gasteiger partial charge in [0, 0.05) is 30.0 Å². The first-order valence-corrected chi connectivity index (χ1v) is 11.7. The molecule has 0 radical (unpaired) electrons. The zero-order chi connectivity index (χ0) is 26.7. The minimum Gasteiger partial charge on any atom is -0.492 e. The van der Waals surface area contributed by atoms with Crippen LogP contribution in [0.5, 0.6) is 5.75 Å². The highest BCUT2D eigenvalue weighted by molar-refractivity contribution is 6.24. The van der Waals surface area contributed by atoms with Crippen LogP contribution in [0.3, 0.4) is 0 Å². The Morgan fingerprint density at radius 3 is 2.06 bits per heavy atom. The minimum atomic E-state index is -1.26. The molecule has 3 N–H and O–H groups in total. The summed E-state index contributed by atoms with van der Waals surface area (Å²) in [4.78, 5) is 34.2. The van der Waals surface area contributed by atoms with Crippen molar-refractivity contribution in [3.63, 3.8) is 0 Å². The number of hydrogen-bond donors (Lipinski definition) is 3. The summed E-state index contributed by atoms with van der Waals surface area (Å²) in [6.07, 6.45) is 3.70. The lowest BCUT2D eigenvalue weighted by Gasteiger charge is -2.18. The molecule has 0 aliphatic carbocycles. The number of carboxylic acid groups (broad SMARTS) is 2. The number of carbonyl (C=O) groups excluding carboxylic acids is 1. The SMILES string of the molecule is C=C(C(=O)Nc1cc(C)c(OCCN2CCCC2)c(C)c1)c1ccccc1C.O=C(O)C=CC(=O)O. The first-order valence-electron chi connectivity index (χ1n) is 11.7. The Kier molecular flexibility index (Phi) is 10.9. The lowest BCUT2D eigenvalue weighted by molar-refractivity contribution is -0.134. The van der Waals surface area contributed by atoms with Gasteiger partial charge in [-0.2, -0.15) is 0 Å². The number of benzene rings is 2. The van der Waals surface area contributed by atoms with Crippen molar-refractivity contribution in [2.24, 2.45) is 0 Å². The molecule has 0 atom stereocenters. The van der Waals surface area contributed by atoms with Crippen LogP contribution in [0.2, 0.25) is 0 Å².